The van der Waals surface area contributed by atoms with Gasteiger partial charge in [0.25, 0.3) is 0 Å². The van der Waals surface area contributed by atoms with E-state index in [0.717, 1.165) is 17.8 Å². The van der Waals surface area contributed by atoms with E-state index in [1.54, 1.807) is 0 Å². The molecule has 2 nitrogen and oxygen atoms in total. The molecule has 0 amide bonds. The predicted octanol–water partition coefficient (Wildman–Crippen LogP) is 3.88. The maximum Gasteiger partial charge on any atom is 0.336 e. The van der Waals surface area contributed by atoms with E-state index < -0.39 is 17.6 Å². The summed E-state index contributed by atoms with van der Waals surface area (Å²) in [7, 11) is 0. The summed E-state index contributed by atoms with van der Waals surface area (Å²) in [6, 6.07) is 4.67. The minimum absolute atomic E-state index is 0.175. The molecule has 0 bridgehead atoms. The lowest BCUT2D eigenvalue weighted by Crippen LogP contribution is -1.91. The molecule has 6 heteroatoms. The topological polar surface area (TPSA) is 37.3 Å². The van der Waals surface area contributed by atoms with Crippen LogP contribution in [0.3, 0.4) is 0 Å². The molecule has 0 saturated carbocycles. The molecular weight excluding hydrogens is 266 g/mol. The van der Waals surface area contributed by atoms with E-state index in [1.807, 2.05) is 0 Å². The monoisotopic (exact) mass is 272 g/mol. The first kappa shape index (κ1) is 12.1. The molecule has 0 aliphatic rings. The molecule has 1 heterocycles. The number of aromatic carboxylic acids is 1. The van der Waals surface area contributed by atoms with Gasteiger partial charge in [-0.2, -0.15) is 0 Å². The quantitative estimate of drug-likeness (QED) is 0.921. The van der Waals surface area contributed by atoms with Crippen LogP contribution in [0.1, 0.15) is 10.4 Å². The van der Waals surface area contributed by atoms with Crippen LogP contribution in [0.5, 0.6) is 0 Å². The van der Waals surface area contributed by atoms with Crippen LogP contribution in [0, 0.1) is 11.6 Å². The van der Waals surface area contributed by atoms with Crippen LogP contribution in [0.15, 0.2) is 38.8 Å². The molecule has 0 aliphatic heterocycles. The normalized spacial score (nSPS) is 10.5. The van der Waals surface area contributed by atoms with Gasteiger partial charge in [0.05, 0.1) is 9.77 Å². The second-order valence-electron chi connectivity index (χ2n) is 3.17. The number of thiophene rings is 1. The Morgan fingerprint density at radius 2 is 1.82 bits per heavy atom. The van der Waals surface area contributed by atoms with Crippen molar-refractivity contribution in [1.29, 1.82) is 0 Å². The van der Waals surface area contributed by atoms with E-state index in [0.29, 0.717) is 9.10 Å². The third-order valence-corrected chi connectivity index (χ3v) is 3.93. The van der Waals surface area contributed by atoms with Gasteiger partial charge in [-0.05, 0) is 18.2 Å². The smallest absolute Gasteiger partial charge is 0.336 e. The third-order valence-electron chi connectivity index (χ3n) is 1.88. The standard InChI is InChI=1S/C11H6F2O2S2/c12-7-2-8(13)4-9(3-7)17-10-1-6(5-16-10)11(14)15/h1-5H,(H,14,15). The fourth-order valence-corrected chi connectivity index (χ4v) is 3.18. The van der Waals surface area contributed by atoms with Crippen LogP contribution in [0.2, 0.25) is 0 Å². The molecule has 0 spiro atoms. The fourth-order valence-electron chi connectivity index (χ4n) is 1.19. The Labute approximate surface area is 104 Å². The molecule has 0 saturated heterocycles. The third kappa shape index (κ3) is 3.04. The zero-order chi connectivity index (χ0) is 12.4. The maximum absolute atomic E-state index is 12.9. The molecule has 17 heavy (non-hydrogen) atoms. The van der Waals surface area contributed by atoms with Crippen LogP contribution < -0.4 is 0 Å². The van der Waals surface area contributed by atoms with E-state index in [9.17, 15) is 13.6 Å². The molecule has 88 valence electrons. The van der Waals surface area contributed by atoms with Gasteiger partial charge in [-0.1, -0.05) is 11.8 Å². The van der Waals surface area contributed by atoms with E-state index in [4.69, 9.17) is 5.11 Å². The number of carboxylic acids is 1. The first-order valence-corrected chi connectivity index (χ1v) is 6.20. The lowest BCUT2D eigenvalue weighted by atomic mass is 10.3. The van der Waals surface area contributed by atoms with Crippen LogP contribution in [-0.4, -0.2) is 11.1 Å². The summed E-state index contributed by atoms with van der Waals surface area (Å²) < 4.78 is 26.5. The number of halogens is 2. The Kier molecular flexibility index (Phi) is 3.44. The summed E-state index contributed by atoms with van der Waals surface area (Å²) in [6.07, 6.45) is 0. The number of hydrogen-bond acceptors (Lipinski definition) is 3. The van der Waals surface area contributed by atoms with Gasteiger partial charge in [-0.15, -0.1) is 11.3 Å². The number of carbonyl (C=O) groups is 1. The van der Waals surface area contributed by atoms with Gasteiger partial charge in [0.2, 0.25) is 0 Å². The Balaban J connectivity index is 2.22. The van der Waals surface area contributed by atoms with Crippen molar-refractivity contribution in [3.63, 3.8) is 0 Å². The largest absolute Gasteiger partial charge is 0.478 e. The second-order valence-corrected chi connectivity index (χ2v) is 5.45. The van der Waals surface area contributed by atoms with Gasteiger partial charge in [0.1, 0.15) is 11.6 Å². The molecule has 1 aromatic carbocycles. The highest BCUT2D eigenvalue weighted by molar-refractivity contribution is 8.01. The molecule has 0 aliphatic carbocycles. The predicted molar refractivity (Wildman–Crippen MR) is 61.8 cm³/mol. The van der Waals surface area contributed by atoms with Gasteiger partial charge >= 0.3 is 5.97 Å². The van der Waals surface area contributed by atoms with Crippen LogP contribution in [0.4, 0.5) is 8.78 Å². The van der Waals surface area contributed by atoms with Crippen LogP contribution in [0.25, 0.3) is 0 Å². The van der Waals surface area contributed by atoms with Crippen molar-refractivity contribution >= 4 is 29.1 Å². The van der Waals surface area contributed by atoms with Crippen molar-refractivity contribution < 1.29 is 18.7 Å². The molecule has 0 unspecified atom stereocenters. The maximum atomic E-state index is 12.9. The molecular formula is C11H6F2O2S2. The molecule has 0 fully saturated rings. The van der Waals surface area contributed by atoms with Crippen molar-refractivity contribution in [3.05, 3.63) is 46.8 Å². The van der Waals surface area contributed by atoms with Crippen molar-refractivity contribution in [2.24, 2.45) is 0 Å². The number of rotatable bonds is 3. The van der Waals surface area contributed by atoms with E-state index in [2.05, 4.69) is 0 Å². The fraction of sp³-hybridized carbons (Fsp3) is 0. The van der Waals surface area contributed by atoms with E-state index in [-0.39, 0.29) is 5.56 Å². The lowest BCUT2D eigenvalue weighted by molar-refractivity contribution is 0.0697. The molecule has 0 radical (unpaired) electrons. The van der Waals surface area contributed by atoms with Gasteiger partial charge < -0.3 is 5.11 Å². The Morgan fingerprint density at radius 1 is 1.18 bits per heavy atom. The van der Waals surface area contributed by atoms with Gasteiger partial charge in [0, 0.05) is 16.3 Å². The average molecular weight is 272 g/mol. The first-order valence-electron chi connectivity index (χ1n) is 4.50. The van der Waals surface area contributed by atoms with Crippen molar-refractivity contribution in [1.82, 2.24) is 0 Å². The van der Waals surface area contributed by atoms with Crippen molar-refractivity contribution in [2.75, 3.05) is 0 Å². The molecule has 1 N–H and O–H groups in total. The second kappa shape index (κ2) is 4.85. The SMILES string of the molecule is O=C(O)c1csc(Sc2cc(F)cc(F)c2)c1. The summed E-state index contributed by atoms with van der Waals surface area (Å²) in [4.78, 5) is 11.1. The minimum atomic E-state index is -1.02. The number of carboxylic acid groups (broad SMARTS) is 1. The highest BCUT2D eigenvalue weighted by atomic mass is 32.2. The highest BCUT2D eigenvalue weighted by Gasteiger charge is 2.08. The van der Waals surface area contributed by atoms with E-state index >= 15 is 0 Å². The van der Waals surface area contributed by atoms with Crippen molar-refractivity contribution in [2.45, 2.75) is 9.10 Å². The Bertz CT molecular complexity index is 546. The summed E-state index contributed by atoms with van der Waals surface area (Å²) in [5.41, 5.74) is 0.175. The van der Waals surface area contributed by atoms with Crippen molar-refractivity contribution in [3.8, 4) is 0 Å². The zero-order valence-electron chi connectivity index (χ0n) is 8.31. The van der Waals surface area contributed by atoms with Gasteiger partial charge in [-0.25, -0.2) is 13.6 Å². The summed E-state index contributed by atoms with van der Waals surface area (Å²) in [6.45, 7) is 0. The zero-order valence-corrected chi connectivity index (χ0v) is 9.95. The number of benzene rings is 1. The minimum Gasteiger partial charge on any atom is -0.478 e. The Morgan fingerprint density at radius 3 is 2.35 bits per heavy atom. The highest BCUT2D eigenvalue weighted by Crippen LogP contribution is 2.33. The van der Waals surface area contributed by atoms with E-state index in [1.165, 1.54) is 34.9 Å². The summed E-state index contributed by atoms with van der Waals surface area (Å²) in [5.74, 6) is -2.32. The molecule has 2 rings (SSSR count). The summed E-state index contributed by atoms with van der Waals surface area (Å²) >= 11 is 2.35. The van der Waals surface area contributed by atoms with Crippen LogP contribution >= 0.6 is 23.1 Å². The molecule has 2 aromatic rings. The van der Waals surface area contributed by atoms with Gasteiger partial charge in [0.15, 0.2) is 0 Å². The lowest BCUT2D eigenvalue weighted by Gasteiger charge is -1.99. The average Bonchev–Trinajstić information content (AvgIpc) is 2.64. The van der Waals surface area contributed by atoms with Crippen LogP contribution in [-0.2, 0) is 0 Å². The molecule has 0 atom stereocenters. The van der Waals surface area contributed by atoms with Gasteiger partial charge in [-0.3, -0.25) is 0 Å². The summed E-state index contributed by atoms with van der Waals surface area (Å²) in [5, 5.41) is 10.2. The number of hydrogen-bond donors (Lipinski definition) is 1. The Hall–Kier alpha value is -1.40. The first-order chi connectivity index (χ1) is 8.04. The molecule has 1 aromatic heterocycles.